The van der Waals surface area contributed by atoms with Crippen LogP contribution in [0.2, 0.25) is 5.02 Å². The van der Waals surface area contributed by atoms with Crippen molar-refractivity contribution >= 4 is 28.3 Å². The minimum atomic E-state index is -0.934. The third-order valence-electron chi connectivity index (χ3n) is 2.63. The van der Waals surface area contributed by atoms with Gasteiger partial charge in [0.05, 0.1) is 0 Å². The molecule has 1 rings (SSSR count). The second-order valence-corrected chi connectivity index (χ2v) is 6.14. The summed E-state index contributed by atoms with van der Waals surface area (Å²) in [4.78, 5) is 11.9. The maximum atomic E-state index is 11.9. The summed E-state index contributed by atoms with van der Waals surface area (Å²) in [5, 5.41) is 3.27. The minimum absolute atomic E-state index is 0.0570. The fourth-order valence-corrected chi connectivity index (χ4v) is 1.80. The van der Waals surface area contributed by atoms with Crippen LogP contribution in [-0.2, 0) is 10.8 Å². The molecule has 1 amide bonds. The molecular formula is C12H16ClNO2S. The highest BCUT2D eigenvalue weighted by molar-refractivity contribution is 7.84. The quantitative estimate of drug-likeness (QED) is 0.914. The number of hydrogen-bond acceptors (Lipinski definition) is 2. The van der Waals surface area contributed by atoms with Gasteiger partial charge in [-0.15, -0.1) is 0 Å². The van der Waals surface area contributed by atoms with E-state index in [9.17, 15) is 9.00 Å². The average molecular weight is 274 g/mol. The van der Waals surface area contributed by atoms with E-state index >= 15 is 0 Å². The molecule has 0 fully saturated rings. The van der Waals surface area contributed by atoms with E-state index in [2.05, 4.69) is 5.32 Å². The van der Waals surface area contributed by atoms with Gasteiger partial charge in [0.2, 0.25) is 0 Å². The molecule has 0 aliphatic carbocycles. The van der Waals surface area contributed by atoms with Crippen LogP contribution < -0.4 is 5.32 Å². The zero-order valence-corrected chi connectivity index (χ0v) is 11.7. The second-order valence-electron chi connectivity index (χ2n) is 3.93. The summed E-state index contributed by atoms with van der Waals surface area (Å²) in [7, 11) is -0.934. The van der Waals surface area contributed by atoms with Crippen LogP contribution in [0, 0.1) is 6.92 Å². The first-order chi connectivity index (χ1) is 7.93. The Labute approximate surface area is 109 Å². The largest absolute Gasteiger partial charge is 0.351 e. The highest BCUT2D eigenvalue weighted by atomic mass is 35.5. The van der Waals surface area contributed by atoms with Crippen LogP contribution in [0.15, 0.2) is 18.2 Å². The summed E-state index contributed by atoms with van der Waals surface area (Å²) >= 11 is 5.94. The number of carbonyl (C=O) groups is 1. The van der Waals surface area contributed by atoms with E-state index < -0.39 is 10.8 Å². The fourth-order valence-electron chi connectivity index (χ4n) is 1.30. The summed E-state index contributed by atoms with van der Waals surface area (Å²) in [5.74, 6) is -0.178. The van der Waals surface area contributed by atoms with Gasteiger partial charge in [0.15, 0.2) is 0 Å². The molecule has 5 heteroatoms. The van der Waals surface area contributed by atoms with Gasteiger partial charge in [-0.3, -0.25) is 9.00 Å². The Morgan fingerprint density at radius 2 is 2.18 bits per heavy atom. The zero-order valence-electron chi connectivity index (χ0n) is 10.1. The molecule has 17 heavy (non-hydrogen) atoms. The second kappa shape index (κ2) is 6.17. The van der Waals surface area contributed by atoms with E-state index in [1.807, 2.05) is 6.92 Å². The Balaban J connectivity index is 2.71. The Morgan fingerprint density at radius 1 is 1.53 bits per heavy atom. The molecule has 0 radical (unpaired) electrons. The molecular weight excluding hydrogens is 258 g/mol. The van der Waals surface area contributed by atoms with Crippen molar-refractivity contribution in [3.63, 3.8) is 0 Å². The molecule has 0 heterocycles. The molecule has 0 saturated carbocycles. The van der Waals surface area contributed by atoms with Gasteiger partial charge in [0.25, 0.3) is 5.91 Å². The Bertz CT molecular complexity index is 448. The standard InChI is InChI=1S/C12H16ClNO2S/c1-8(17(3)16)7-14-12(15)10-5-4-6-11(13)9(10)2/h4-6,8H,7H2,1-3H3,(H,14,15)/t8-,17+/m0/s1. The lowest BCUT2D eigenvalue weighted by atomic mass is 10.1. The SMILES string of the molecule is Cc1c(Cl)cccc1C(=O)NC[C@H](C)[S@@](C)=O. The predicted octanol–water partition coefficient (Wildman–Crippen LogP) is 2.15. The molecule has 2 atom stereocenters. The molecule has 0 aliphatic rings. The lowest BCUT2D eigenvalue weighted by molar-refractivity contribution is 0.0953. The van der Waals surface area contributed by atoms with Gasteiger partial charge in [-0.1, -0.05) is 17.7 Å². The number of hydrogen-bond donors (Lipinski definition) is 1. The zero-order chi connectivity index (χ0) is 13.0. The first-order valence-electron chi connectivity index (χ1n) is 5.29. The molecule has 0 spiro atoms. The molecule has 1 aromatic carbocycles. The van der Waals surface area contributed by atoms with E-state index in [-0.39, 0.29) is 11.2 Å². The van der Waals surface area contributed by atoms with Crippen molar-refractivity contribution in [3.05, 3.63) is 34.3 Å². The number of rotatable bonds is 4. The van der Waals surface area contributed by atoms with Gasteiger partial charge in [0, 0.05) is 39.4 Å². The maximum Gasteiger partial charge on any atom is 0.251 e. The highest BCUT2D eigenvalue weighted by Crippen LogP contribution is 2.18. The van der Waals surface area contributed by atoms with Crippen LogP contribution in [0.4, 0.5) is 0 Å². The van der Waals surface area contributed by atoms with Crippen molar-refractivity contribution in [1.82, 2.24) is 5.32 Å². The topological polar surface area (TPSA) is 46.2 Å². The summed E-state index contributed by atoms with van der Waals surface area (Å²) in [6, 6.07) is 5.22. The number of amides is 1. The molecule has 1 N–H and O–H groups in total. The molecule has 0 aromatic heterocycles. The van der Waals surface area contributed by atoms with Crippen LogP contribution >= 0.6 is 11.6 Å². The fraction of sp³-hybridized carbons (Fsp3) is 0.417. The van der Waals surface area contributed by atoms with Gasteiger partial charge < -0.3 is 5.32 Å². The number of halogens is 1. The monoisotopic (exact) mass is 273 g/mol. The lowest BCUT2D eigenvalue weighted by Crippen LogP contribution is -2.32. The summed E-state index contributed by atoms with van der Waals surface area (Å²) in [5.41, 5.74) is 1.32. The van der Waals surface area contributed by atoms with Gasteiger partial charge in [-0.25, -0.2) is 0 Å². The Morgan fingerprint density at radius 3 is 2.76 bits per heavy atom. The normalized spacial score (nSPS) is 14.1. The van der Waals surface area contributed by atoms with Crippen LogP contribution in [0.3, 0.4) is 0 Å². The molecule has 1 aromatic rings. The van der Waals surface area contributed by atoms with Gasteiger partial charge >= 0.3 is 0 Å². The minimum Gasteiger partial charge on any atom is -0.351 e. The van der Waals surface area contributed by atoms with Crippen molar-refractivity contribution in [2.45, 2.75) is 19.1 Å². The first-order valence-corrected chi connectivity index (χ1v) is 7.29. The van der Waals surface area contributed by atoms with E-state index in [4.69, 9.17) is 11.6 Å². The Kier molecular flexibility index (Phi) is 5.15. The van der Waals surface area contributed by atoms with Crippen LogP contribution in [0.1, 0.15) is 22.8 Å². The van der Waals surface area contributed by atoms with Gasteiger partial charge in [-0.05, 0) is 31.5 Å². The molecule has 3 nitrogen and oxygen atoms in total. The lowest BCUT2D eigenvalue weighted by Gasteiger charge is -2.11. The molecule has 0 unspecified atom stereocenters. The van der Waals surface area contributed by atoms with E-state index in [0.29, 0.717) is 17.1 Å². The molecule has 94 valence electrons. The number of carbonyl (C=O) groups excluding carboxylic acids is 1. The van der Waals surface area contributed by atoms with E-state index in [1.54, 1.807) is 31.4 Å². The van der Waals surface area contributed by atoms with Crippen molar-refractivity contribution in [2.24, 2.45) is 0 Å². The summed E-state index contributed by atoms with van der Waals surface area (Å²) < 4.78 is 11.2. The molecule has 0 saturated heterocycles. The maximum absolute atomic E-state index is 11.9. The van der Waals surface area contributed by atoms with Gasteiger partial charge in [-0.2, -0.15) is 0 Å². The van der Waals surface area contributed by atoms with Crippen molar-refractivity contribution in [2.75, 3.05) is 12.8 Å². The van der Waals surface area contributed by atoms with Gasteiger partial charge in [0.1, 0.15) is 0 Å². The Hall–Kier alpha value is -0.870. The third-order valence-corrected chi connectivity index (χ3v) is 4.34. The van der Waals surface area contributed by atoms with Crippen LogP contribution in [0.25, 0.3) is 0 Å². The smallest absolute Gasteiger partial charge is 0.251 e. The summed E-state index contributed by atoms with van der Waals surface area (Å²) in [6.45, 7) is 4.04. The van der Waals surface area contributed by atoms with Crippen molar-refractivity contribution in [3.8, 4) is 0 Å². The summed E-state index contributed by atoms with van der Waals surface area (Å²) in [6.07, 6.45) is 1.63. The highest BCUT2D eigenvalue weighted by Gasteiger charge is 2.12. The number of benzene rings is 1. The average Bonchev–Trinajstić information content (AvgIpc) is 2.29. The molecule has 0 aliphatic heterocycles. The first kappa shape index (κ1) is 14.2. The van der Waals surface area contributed by atoms with Crippen molar-refractivity contribution in [1.29, 1.82) is 0 Å². The van der Waals surface area contributed by atoms with Crippen molar-refractivity contribution < 1.29 is 9.00 Å². The third kappa shape index (κ3) is 3.82. The van der Waals surface area contributed by atoms with E-state index in [0.717, 1.165) is 5.56 Å². The molecule has 0 bridgehead atoms. The van der Waals surface area contributed by atoms with Crippen LogP contribution in [-0.4, -0.2) is 28.2 Å². The number of nitrogens with one attached hydrogen (secondary N) is 1. The predicted molar refractivity (Wildman–Crippen MR) is 72.1 cm³/mol. The van der Waals surface area contributed by atoms with E-state index in [1.165, 1.54) is 0 Å². The van der Waals surface area contributed by atoms with Crippen LogP contribution in [0.5, 0.6) is 0 Å².